The normalized spacial score (nSPS) is 21.3. The van der Waals surface area contributed by atoms with Crippen molar-refractivity contribution in [2.45, 2.75) is 32.4 Å². The van der Waals surface area contributed by atoms with Gasteiger partial charge in [-0.05, 0) is 41.3 Å². The number of hydrogen-bond donors (Lipinski definition) is 0. The molecule has 6 rings (SSSR count). The molecular formula is C26H24N4. The monoisotopic (exact) mass is 392 g/mol. The molecule has 0 bridgehead atoms. The van der Waals surface area contributed by atoms with E-state index in [-0.39, 0.29) is 11.6 Å². The Labute approximate surface area is 176 Å². The van der Waals surface area contributed by atoms with Gasteiger partial charge in [0.1, 0.15) is 6.17 Å². The second-order valence-electron chi connectivity index (χ2n) is 8.88. The van der Waals surface area contributed by atoms with Gasteiger partial charge in [-0.2, -0.15) is 0 Å². The number of nitrogens with zero attached hydrogens (tertiary/aromatic N) is 4. The maximum absolute atomic E-state index is 5.12. The highest BCUT2D eigenvalue weighted by atomic mass is 15.5. The number of anilines is 4. The summed E-state index contributed by atoms with van der Waals surface area (Å²) in [6.45, 7) is 7.07. The largest absolute Gasteiger partial charge is 0.302 e. The highest BCUT2D eigenvalue weighted by molar-refractivity contribution is 5.91. The first kappa shape index (κ1) is 17.5. The molecule has 148 valence electrons. The number of fused-ring (bicyclic) bond motifs is 6. The van der Waals surface area contributed by atoms with E-state index in [1.807, 2.05) is 24.3 Å². The van der Waals surface area contributed by atoms with Crippen LogP contribution in [0.2, 0.25) is 0 Å². The van der Waals surface area contributed by atoms with Crippen LogP contribution in [0.1, 0.15) is 26.3 Å². The Balaban J connectivity index is 1.69. The standard InChI is InChI=1S/C26H24N4/c1-17-25-29(18-11-5-4-6-12-18)23-24(28-21-15-9-8-14-20(21)27-23)30(25)22-16-10-7-13-19(22)26(17,2)3/h4-17,25H,1-3H3. The maximum Gasteiger partial charge on any atom is 0.179 e. The SMILES string of the molecule is CC1C2N(c3ccccc3)c3nc4ccccc4nc3N2c2ccccc2C1(C)C. The third-order valence-electron chi connectivity index (χ3n) is 7.00. The summed E-state index contributed by atoms with van der Waals surface area (Å²) in [4.78, 5) is 15.0. The second kappa shape index (κ2) is 6.05. The molecule has 2 aliphatic heterocycles. The summed E-state index contributed by atoms with van der Waals surface area (Å²) < 4.78 is 0. The molecule has 2 aliphatic rings. The van der Waals surface area contributed by atoms with Crippen LogP contribution in [0.4, 0.5) is 23.0 Å². The van der Waals surface area contributed by atoms with E-state index >= 15 is 0 Å². The summed E-state index contributed by atoms with van der Waals surface area (Å²) in [5.41, 5.74) is 5.63. The second-order valence-corrected chi connectivity index (χ2v) is 8.88. The summed E-state index contributed by atoms with van der Waals surface area (Å²) >= 11 is 0. The van der Waals surface area contributed by atoms with Crippen LogP contribution in [0.25, 0.3) is 11.0 Å². The Kier molecular flexibility index (Phi) is 3.52. The van der Waals surface area contributed by atoms with E-state index in [2.05, 4.69) is 85.2 Å². The van der Waals surface area contributed by atoms with Gasteiger partial charge >= 0.3 is 0 Å². The van der Waals surface area contributed by atoms with E-state index in [0.717, 1.165) is 28.4 Å². The van der Waals surface area contributed by atoms with Gasteiger partial charge in [-0.15, -0.1) is 0 Å². The van der Waals surface area contributed by atoms with E-state index < -0.39 is 0 Å². The molecule has 0 fully saturated rings. The van der Waals surface area contributed by atoms with E-state index in [1.165, 1.54) is 11.3 Å². The Hall–Kier alpha value is -3.40. The minimum Gasteiger partial charge on any atom is -0.302 e. The van der Waals surface area contributed by atoms with Crippen molar-refractivity contribution >= 4 is 34.0 Å². The van der Waals surface area contributed by atoms with Gasteiger partial charge in [0, 0.05) is 17.3 Å². The summed E-state index contributed by atoms with van der Waals surface area (Å²) in [7, 11) is 0. The van der Waals surface area contributed by atoms with Gasteiger partial charge < -0.3 is 9.80 Å². The van der Waals surface area contributed by atoms with Crippen molar-refractivity contribution < 1.29 is 0 Å². The number of benzene rings is 3. The first-order chi connectivity index (χ1) is 14.6. The molecule has 0 saturated carbocycles. The van der Waals surface area contributed by atoms with Gasteiger partial charge in [-0.1, -0.05) is 69.3 Å². The Morgan fingerprint density at radius 1 is 0.700 bits per heavy atom. The Bertz CT molecular complexity index is 1260. The van der Waals surface area contributed by atoms with Crippen LogP contribution >= 0.6 is 0 Å². The zero-order valence-electron chi connectivity index (χ0n) is 17.4. The van der Waals surface area contributed by atoms with Gasteiger partial charge in [0.2, 0.25) is 0 Å². The van der Waals surface area contributed by atoms with Crippen molar-refractivity contribution in [2.24, 2.45) is 5.92 Å². The van der Waals surface area contributed by atoms with E-state index in [9.17, 15) is 0 Å². The fourth-order valence-corrected chi connectivity index (χ4v) is 5.08. The fourth-order valence-electron chi connectivity index (χ4n) is 5.08. The maximum atomic E-state index is 5.12. The number of hydrogen-bond acceptors (Lipinski definition) is 4. The lowest BCUT2D eigenvalue weighted by Gasteiger charge is -2.49. The average Bonchev–Trinajstić information content (AvgIpc) is 3.11. The van der Waals surface area contributed by atoms with Crippen LogP contribution in [-0.4, -0.2) is 16.1 Å². The van der Waals surface area contributed by atoms with Gasteiger partial charge in [0.25, 0.3) is 0 Å². The Morgan fingerprint density at radius 2 is 1.27 bits per heavy atom. The van der Waals surface area contributed by atoms with Crippen molar-refractivity contribution in [3.63, 3.8) is 0 Å². The van der Waals surface area contributed by atoms with Crippen molar-refractivity contribution in [3.8, 4) is 0 Å². The predicted octanol–water partition coefficient (Wildman–Crippen LogP) is 6.17. The lowest BCUT2D eigenvalue weighted by Crippen LogP contribution is -2.53. The molecule has 2 unspecified atom stereocenters. The van der Waals surface area contributed by atoms with Gasteiger partial charge in [0.15, 0.2) is 11.6 Å². The summed E-state index contributed by atoms with van der Waals surface area (Å²) in [5.74, 6) is 2.23. The van der Waals surface area contributed by atoms with Gasteiger partial charge in [-0.3, -0.25) is 0 Å². The molecule has 3 aromatic carbocycles. The van der Waals surface area contributed by atoms with E-state index in [1.54, 1.807) is 0 Å². The van der Waals surface area contributed by atoms with Gasteiger partial charge in [-0.25, -0.2) is 9.97 Å². The highest BCUT2D eigenvalue weighted by Gasteiger charge is 2.52. The predicted molar refractivity (Wildman–Crippen MR) is 123 cm³/mol. The smallest absolute Gasteiger partial charge is 0.179 e. The van der Waals surface area contributed by atoms with Crippen molar-refractivity contribution in [3.05, 3.63) is 84.4 Å². The first-order valence-corrected chi connectivity index (χ1v) is 10.6. The molecule has 4 aromatic rings. The Morgan fingerprint density at radius 3 is 1.97 bits per heavy atom. The zero-order valence-corrected chi connectivity index (χ0v) is 17.4. The van der Waals surface area contributed by atoms with Crippen LogP contribution < -0.4 is 9.80 Å². The van der Waals surface area contributed by atoms with Crippen LogP contribution in [-0.2, 0) is 5.41 Å². The highest BCUT2D eigenvalue weighted by Crippen LogP contribution is 2.56. The average molecular weight is 393 g/mol. The lowest BCUT2D eigenvalue weighted by molar-refractivity contribution is 0.279. The number of aromatic nitrogens is 2. The van der Waals surface area contributed by atoms with Gasteiger partial charge in [0.05, 0.1) is 11.0 Å². The van der Waals surface area contributed by atoms with E-state index in [0.29, 0.717) is 5.92 Å². The van der Waals surface area contributed by atoms with Crippen LogP contribution in [0.15, 0.2) is 78.9 Å². The van der Waals surface area contributed by atoms with Crippen molar-refractivity contribution in [1.82, 2.24) is 9.97 Å². The van der Waals surface area contributed by atoms with Crippen LogP contribution in [0.5, 0.6) is 0 Å². The summed E-state index contributed by atoms with van der Waals surface area (Å²) in [6.07, 6.45) is 0.115. The summed E-state index contributed by atoms with van der Waals surface area (Å²) in [5, 5.41) is 0. The third-order valence-corrected chi connectivity index (χ3v) is 7.00. The minimum atomic E-state index is 0.0201. The number of para-hydroxylation sites is 4. The molecule has 0 spiro atoms. The molecule has 4 nitrogen and oxygen atoms in total. The topological polar surface area (TPSA) is 32.3 Å². The lowest BCUT2D eigenvalue weighted by atomic mass is 9.69. The first-order valence-electron chi connectivity index (χ1n) is 10.6. The molecule has 0 N–H and O–H groups in total. The van der Waals surface area contributed by atoms with Crippen molar-refractivity contribution in [1.29, 1.82) is 0 Å². The molecule has 2 atom stereocenters. The molecule has 30 heavy (non-hydrogen) atoms. The molecule has 3 heterocycles. The molecule has 0 saturated heterocycles. The number of rotatable bonds is 1. The third kappa shape index (κ3) is 2.22. The van der Waals surface area contributed by atoms with Crippen LogP contribution in [0.3, 0.4) is 0 Å². The molecule has 0 amide bonds. The fraction of sp³-hybridized carbons (Fsp3) is 0.231. The molecule has 4 heteroatoms. The van der Waals surface area contributed by atoms with E-state index in [4.69, 9.17) is 9.97 Å². The van der Waals surface area contributed by atoms with Crippen molar-refractivity contribution in [2.75, 3.05) is 9.80 Å². The molecule has 0 radical (unpaired) electrons. The minimum absolute atomic E-state index is 0.0201. The molecule has 0 aliphatic carbocycles. The van der Waals surface area contributed by atoms with Crippen LogP contribution in [0, 0.1) is 5.92 Å². The quantitative estimate of drug-likeness (QED) is 0.388. The zero-order chi connectivity index (χ0) is 20.5. The molecule has 1 aromatic heterocycles. The summed E-state index contributed by atoms with van der Waals surface area (Å²) in [6, 6.07) is 27.5. The molecular weight excluding hydrogens is 368 g/mol.